The molecule has 0 aromatic rings. The molecular weight excluding hydrogens is 328 g/mol. The zero-order chi connectivity index (χ0) is 18.7. The maximum atomic E-state index is 10.7. The molecule has 0 bridgehead atoms. The Morgan fingerprint density at radius 2 is 1.92 bits per heavy atom. The first-order valence-corrected chi connectivity index (χ1v) is 10.6. The van der Waals surface area contributed by atoms with E-state index < -0.39 is 5.60 Å². The second kappa shape index (κ2) is 11.8. The molecule has 3 N–H and O–H groups in total. The molecule has 2 rings (SSSR count). The van der Waals surface area contributed by atoms with Crippen LogP contribution < -0.4 is 10.6 Å². The highest BCUT2D eigenvalue weighted by atomic mass is 16.5. The molecule has 1 saturated carbocycles. The minimum absolute atomic E-state index is 0.405. The highest BCUT2D eigenvalue weighted by molar-refractivity contribution is 5.79. The first kappa shape index (κ1) is 21.5. The number of guanidine groups is 1. The first-order valence-electron chi connectivity index (χ1n) is 10.6. The summed E-state index contributed by atoms with van der Waals surface area (Å²) in [5, 5.41) is 17.4. The molecule has 0 aromatic carbocycles. The second-order valence-corrected chi connectivity index (χ2v) is 8.15. The molecular formula is C20H40N4O2. The van der Waals surface area contributed by atoms with Crippen LogP contribution in [-0.4, -0.2) is 74.0 Å². The highest BCUT2D eigenvalue weighted by Crippen LogP contribution is 2.26. The molecule has 2 aliphatic rings. The Balaban J connectivity index is 1.69. The first-order chi connectivity index (χ1) is 12.6. The number of hydrogen-bond donors (Lipinski definition) is 3. The van der Waals surface area contributed by atoms with Crippen molar-refractivity contribution in [2.75, 3.05) is 52.5 Å². The third kappa shape index (κ3) is 8.69. The van der Waals surface area contributed by atoms with E-state index in [9.17, 15) is 5.11 Å². The normalized spacial score (nSPS) is 22.8. The Hall–Kier alpha value is -0.850. The van der Waals surface area contributed by atoms with E-state index in [1.165, 1.54) is 44.9 Å². The van der Waals surface area contributed by atoms with Crippen molar-refractivity contribution in [3.05, 3.63) is 0 Å². The largest absolute Gasteiger partial charge is 0.387 e. The van der Waals surface area contributed by atoms with Crippen LogP contribution in [0.1, 0.15) is 58.8 Å². The summed E-state index contributed by atoms with van der Waals surface area (Å²) in [6, 6.07) is 0. The summed E-state index contributed by atoms with van der Waals surface area (Å²) in [5.74, 6) is 1.75. The number of aliphatic hydroxyl groups is 1. The average Bonchev–Trinajstić information content (AvgIpc) is 2.64. The molecule has 26 heavy (non-hydrogen) atoms. The monoisotopic (exact) mass is 368 g/mol. The van der Waals surface area contributed by atoms with Crippen molar-refractivity contribution in [1.29, 1.82) is 0 Å². The zero-order valence-corrected chi connectivity index (χ0v) is 16.9. The van der Waals surface area contributed by atoms with Crippen molar-refractivity contribution in [2.24, 2.45) is 10.9 Å². The summed E-state index contributed by atoms with van der Waals surface area (Å²) >= 11 is 0. The summed E-state index contributed by atoms with van der Waals surface area (Å²) in [4.78, 5) is 6.87. The summed E-state index contributed by atoms with van der Waals surface area (Å²) in [5.41, 5.74) is -0.818. The van der Waals surface area contributed by atoms with Gasteiger partial charge in [-0.15, -0.1) is 0 Å². The molecule has 6 nitrogen and oxygen atoms in total. The Morgan fingerprint density at radius 3 is 2.62 bits per heavy atom. The smallest absolute Gasteiger partial charge is 0.191 e. The zero-order valence-electron chi connectivity index (χ0n) is 16.9. The van der Waals surface area contributed by atoms with E-state index in [-0.39, 0.29) is 0 Å². The van der Waals surface area contributed by atoms with Crippen molar-refractivity contribution < 1.29 is 9.84 Å². The van der Waals surface area contributed by atoms with Crippen LogP contribution in [0.25, 0.3) is 0 Å². The van der Waals surface area contributed by atoms with Gasteiger partial charge in [-0.2, -0.15) is 0 Å². The van der Waals surface area contributed by atoms with Crippen molar-refractivity contribution in [3.63, 3.8) is 0 Å². The third-order valence-corrected chi connectivity index (χ3v) is 5.40. The minimum Gasteiger partial charge on any atom is -0.387 e. The lowest BCUT2D eigenvalue weighted by Gasteiger charge is -2.33. The molecule has 0 spiro atoms. The molecule has 1 heterocycles. The number of β-amino-alcohol motifs (C(OH)–C–C–N with tert-alkyl or cyclic N) is 1. The maximum Gasteiger partial charge on any atom is 0.191 e. The summed E-state index contributed by atoms with van der Waals surface area (Å²) in [6.45, 7) is 10.1. The summed E-state index contributed by atoms with van der Waals surface area (Å²) in [7, 11) is 0. The van der Waals surface area contributed by atoms with Gasteiger partial charge >= 0.3 is 0 Å². The van der Waals surface area contributed by atoms with Gasteiger partial charge in [-0.1, -0.05) is 32.1 Å². The number of morpholine rings is 1. The van der Waals surface area contributed by atoms with Crippen LogP contribution in [0, 0.1) is 5.92 Å². The number of nitrogens with zero attached hydrogens (tertiary/aromatic N) is 2. The lowest BCUT2D eigenvalue weighted by Crippen LogP contribution is -2.48. The van der Waals surface area contributed by atoms with Crippen molar-refractivity contribution in [2.45, 2.75) is 64.4 Å². The molecule has 1 atom stereocenters. The topological polar surface area (TPSA) is 69.1 Å². The lowest BCUT2D eigenvalue weighted by atomic mass is 9.86. The predicted molar refractivity (Wildman–Crippen MR) is 108 cm³/mol. The van der Waals surface area contributed by atoms with Crippen LogP contribution in [0.5, 0.6) is 0 Å². The molecule has 1 unspecified atom stereocenters. The SMILES string of the molecule is CCNC(=NCC(C)(O)CN1CCOCC1)NCCCC1CCCCC1. The second-order valence-electron chi connectivity index (χ2n) is 8.15. The maximum absolute atomic E-state index is 10.7. The van der Waals surface area contributed by atoms with E-state index in [2.05, 4.69) is 27.4 Å². The van der Waals surface area contributed by atoms with E-state index in [0.717, 1.165) is 51.3 Å². The molecule has 2 fully saturated rings. The van der Waals surface area contributed by atoms with Gasteiger partial charge in [0.15, 0.2) is 5.96 Å². The van der Waals surface area contributed by atoms with Crippen molar-refractivity contribution in [1.82, 2.24) is 15.5 Å². The van der Waals surface area contributed by atoms with Crippen molar-refractivity contribution in [3.8, 4) is 0 Å². The van der Waals surface area contributed by atoms with Gasteiger partial charge in [-0.3, -0.25) is 9.89 Å². The number of rotatable bonds is 9. The summed E-state index contributed by atoms with van der Waals surface area (Å²) < 4.78 is 5.37. The fourth-order valence-corrected chi connectivity index (χ4v) is 3.96. The van der Waals surface area contributed by atoms with Crippen molar-refractivity contribution >= 4 is 5.96 Å². The fraction of sp³-hybridized carbons (Fsp3) is 0.950. The van der Waals surface area contributed by atoms with Gasteiger partial charge in [0.1, 0.15) is 0 Å². The van der Waals surface area contributed by atoms with E-state index in [1.807, 2.05) is 6.92 Å². The van der Waals surface area contributed by atoms with Gasteiger partial charge in [-0.25, -0.2) is 0 Å². The molecule has 1 aliphatic carbocycles. The molecule has 0 radical (unpaired) electrons. The molecule has 1 aliphatic heterocycles. The van der Waals surface area contributed by atoms with Crippen LogP contribution in [-0.2, 0) is 4.74 Å². The lowest BCUT2D eigenvalue weighted by molar-refractivity contribution is -0.0179. The van der Waals surface area contributed by atoms with Gasteiger partial charge in [0.25, 0.3) is 0 Å². The Kier molecular flexibility index (Phi) is 9.72. The molecule has 6 heteroatoms. The molecule has 0 amide bonds. The average molecular weight is 369 g/mol. The van der Waals surface area contributed by atoms with E-state index in [0.29, 0.717) is 13.1 Å². The molecule has 152 valence electrons. The number of aliphatic imine (C=N–C) groups is 1. The predicted octanol–water partition coefficient (Wildman–Crippen LogP) is 1.99. The Bertz CT molecular complexity index is 403. The van der Waals surface area contributed by atoms with E-state index in [4.69, 9.17) is 4.74 Å². The van der Waals surface area contributed by atoms with E-state index >= 15 is 0 Å². The molecule has 1 saturated heterocycles. The van der Waals surface area contributed by atoms with Gasteiger partial charge in [0.05, 0.1) is 25.4 Å². The van der Waals surface area contributed by atoms with Crippen LogP contribution >= 0.6 is 0 Å². The van der Waals surface area contributed by atoms with E-state index in [1.54, 1.807) is 0 Å². The van der Waals surface area contributed by atoms with Gasteiger partial charge in [0, 0.05) is 32.7 Å². The number of nitrogens with one attached hydrogen (secondary N) is 2. The number of hydrogen-bond acceptors (Lipinski definition) is 4. The fourth-order valence-electron chi connectivity index (χ4n) is 3.96. The van der Waals surface area contributed by atoms with Crippen LogP contribution in [0.4, 0.5) is 0 Å². The Morgan fingerprint density at radius 1 is 1.19 bits per heavy atom. The Labute approximate surface area is 159 Å². The highest BCUT2D eigenvalue weighted by Gasteiger charge is 2.25. The van der Waals surface area contributed by atoms with Crippen LogP contribution in [0.3, 0.4) is 0 Å². The van der Waals surface area contributed by atoms with Crippen LogP contribution in [0.15, 0.2) is 4.99 Å². The molecule has 0 aromatic heterocycles. The minimum atomic E-state index is -0.818. The van der Waals surface area contributed by atoms with Crippen LogP contribution in [0.2, 0.25) is 0 Å². The standard InChI is InChI=1S/C20H40N4O2/c1-3-21-19(22-11-7-10-18-8-5-4-6-9-18)23-16-20(2,25)17-24-12-14-26-15-13-24/h18,25H,3-17H2,1-2H3,(H2,21,22,23). The quantitative estimate of drug-likeness (QED) is 0.330. The number of ether oxygens (including phenoxy) is 1. The van der Waals surface area contributed by atoms with Gasteiger partial charge in [0.2, 0.25) is 0 Å². The summed E-state index contributed by atoms with van der Waals surface area (Å²) in [6.07, 6.45) is 9.61. The van der Waals surface area contributed by atoms with Gasteiger partial charge < -0.3 is 20.5 Å². The van der Waals surface area contributed by atoms with Gasteiger partial charge in [-0.05, 0) is 32.6 Å². The third-order valence-electron chi connectivity index (χ3n) is 5.40.